The largest absolute Gasteiger partial charge is 0.313 e. The molecule has 6 heteroatoms. The molecule has 0 bridgehead atoms. The molecule has 19 heavy (non-hydrogen) atoms. The zero-order chi connectivity index (χ0) is 14.5. The molecule has 114 valence electrons. The van der Waals surface area contributed by atoms with Crippen molar-refractivity contribution in [2.75, 3.05) is 26.2 Å². The molecular weight excluding hydrogens is 262 g/mol. The highest BCUT2D eigenvalue weighted by Crippen LogP contribution is 2.22. The molecule has 0 saturated carbocycles. The number of hydrogen-bond donors (Lipinski definition) is 1. The highest BCUT2D eigenvalue weighted by molar-refractivity contribution is 7.86. The molecule has 1 atom stereocenters. The second kappa shape index (κ2) is 7.57. The Morgan fingerprint density at radius 1 is 1.26 bits per heavy atom. The van der Waals surface area contributed by atoms with Crippen molar-refractivity contribution in [2.24, 2.45) is 0 Å². The Morgan fingerprint density at radius 3 is 2.42 bits per heavy atom. The van der Waals surface area contributed by atoms with E-state index in [4.69, 9.17) is 0 Å². The van der Waals surface area contributed by atoms with E-state index < -0.39 is 10.2 Å². The molecule has 0 aromatic carbocycles. The summed E-state index contributed by atoms with van der Waals surface area (Å²) in [5.41, 5.74) is 0. The summed E-state index contributed by atoms with van der Waals surface area (Å²) in [6.45, 7) is 10.5. The van der Waals surface area contributed by atoms with Gasteiger partial charge >= 0.3 is 0 Å². The minimum absolute atomic E-state index is 0.0988. The topological polar surface area (TPSA) is 52.7 Å². The maximum atomic E-state index is 12.6. The standard InChI is InChI=1S/C13H29N3O2S/c1-5-15(6-2)19(17,18)16-10-8-7-9-13(16)11-14-12(3)4/h12-14H,5-11H2,1-4H3. The van der Waals surface area contributed by atoms with Gasteiger partial charge in [0.05, 0.1) is 0 Å². The molecular formula is C13H29N3O2S. The Bertz CT molecular complexity index is 353. The molecule has 1 aliphatic rings. The van der Waals surface area contributed by atoms with Crippen molar-refractivity contribution in [1.82, 2.24) is 13.9 Å². The Labute approximate surface area is 118 Å². The number of nitrogens with zero attached hydrogens (tertiary/aromatic N) is 2. The molecule has 1 fully saturated rings. The van der Waals surface area contributed by atoms with Gasteiger partial charge in [-0.2, -0.15) is 17.0 Å². The number of nitrogens with one attached hydrogen (secondary N) is 1. The molecule has 1 heterocycles. The molecule has 1 aliphatic heterocycles. The van der Waals surface area contributed by atoms with Gasteiger partial charge in [-0.05, 0) is 12.8 Å². The van der Waals surface area contributed by atoms with Crippen LogP contribution in [-0.2, 0) is 10.2 Å². The van der Waals surface area contributed by atoms with Gasteiger partial charge < -0.3 is 5.32 Å². The molecule has 0 aliphatic carbocycles. The fourth-order valence-electron chi connectivity index (χ4n) is 2.55. The van der Waals surface area contributed by atoms with Crippen LogP contribution in [0.5, 0.6) is 0 Å². The number of hydrogen-bond acceptors (Lipinski definition) is 3. The first-order valence-corrected chi connectivity index (χ1v) is 8.83. The van der Waals surface area contributed by atoms with Crippen LogP contribution in [0.2, 0.25) is 0 Å². The molecule has 0 spiro atoms. The average Bonchev–Trinajstić information content (AvgIpc) is 2.37. The summed E-state index contributed by atoms with van der Waals surface area (Å²) in [6.07, 6.45) is 3.05. The van der Waals surface area contributed by atoms with Gasteiger partial charge in [-0.25, -0.2) is 0 Å². The Morgan fingerprint density at radius 2 is 1.89 bits per heavy atom. The van der Waals surface area contributed by atoms with Gasteiger partial charge in [-0.1, -0.05) is 34.1 Å². The van der Waals surface area contributed by atoms with Crippen LogP contribution in [0.4, 0.5) is 0 Å². The van der Waals surface area contributed by atoms with Gasteiger partial charge in [0, 0.05) is 38.3 Å². The SMILES string of the molecule is CCN(CC)S(=O)(=O)N1CCCCC1CNC(C)C. The average molecular weight is 291 g/mol. The van der Waals surface area contributed by atoms with Crippen molar-refractivity contribution < 1.29 is 8.42 Å². The van der Waals surface area contributed by atoms with Crippen molar-refractivity contribution in [3.8, 4) is 0 Å². The molecule has 1 N–H and O–H groups in total. The van der Waals surface area contributed by atoms with Gasteiger partial charge in [0.25, 0.3) is 10.2 Å². The lowest BCUT2D eigenvalue weighted by Crippen LogP contribution is -2.54. The predicted octanol–water partition coefficient (Wildman–Crippen LogP) is 1.43. The van der Waals surface area contributed by atoms with E-state index >= 15 is 0 Å². The van der Waals surface area contributed by atoms with Crippen LogP contribution >= 0.6 is 0 Å². The van der Waals surface area contributed by atoms with Crippen molar-refractivity contribution in [2.45, 2.75) is 59.0 Å². The van der Waals surface area contributed by atoms with E-state index in [2.05, 4.69) is 19.2 Å². The van der Waals surface area contributed by atoms with Gasteiger partial charge in [-0.15, -0.1) is 0 Å². The smallest absolute Gasteiger partial charge is 0.282 e. The summed E-state index contributed by atoms with van der Waals surface area (Å²) in [7, 11) is -3.29. The maximum absolute atomic E-state index is 12.6. The number of piperidine rings is 1. The molecule has 0 aromatic heterocycles. The van der Waals surface area contributed by atoms with Gasteiger partial charge in [0.1, 0.15) is 0 Å². The fourth-order valence-corrected chi connectivity index (χ4v) is 4.42. The summed E-state index contributed by atoms with van der Waals surface area (Å²) in [5, 5.41) is 3.37. The molecule has 1 saturated heterocycles. The van der Waals surface area contributed by atoms with Crippen molar-refractivity contribution in [3.05, 3.63) is 0 Å². The van der Waals surface area contributed by atoms with Crippen LogP contribution in [0.25, 0.3) is 0 Å². The maximum Gasteiger partial charge on any atom is 0.282 e. The fraction of sp³-hybridized carbons (Fsp3) is 1.00. The Kier molecular flexibility index (Phi) is 6.73. The quantitative estimate of drug-likeness (QED) is 0.772. The first kappa shape index (κ1) is 16.9. The van der Waals surface area contributed by atoms with Crippen molar-refractivity contribution in [1.29, 1.82) is 0 Å². The van der Waals surface area contributed by atoms with Crippen LogP contribution in [0, 0.1) is 0 Å². The second-order valence-corrected chi connectivity index (χ2v) is 7.30. The van der Waals surface area contributed by atoms with E-state index in [0.717, 1.165) is 25.8 Å². The van der Waals surface area contributed by atoms with Crippen molar-refractivity contribution in [3.63, 3.8) is 0 Å². The predicted molar refractivity (Wildman–Crippen MR) is 79.3 cm³/mol. The summed E-state index contributed by atoms with van der Waals surface area (Å²) in [6, 6.07) is 0.488. The van der Waals surface area contributed by atoms with Crippen LogP contribution in [-0.4, -0.2) is 55.3 Å². The monoisotopic (exact) mass is 291 g/mol. The highest BCUT2D eigenvalue weighted by Gasteiger charge is 2.35. The third kappa shape index (κ3) is 4.41. The zero-order valence-corrected chi connectivity index (χ0v) is 13.5. The Hall–Kier alpha value is -0.170. The molecule has 0 aromatic rings. The van der Waals surface area contributed by atoms with Crippen LogP contribution in [0.15, 0.2) is 0 Å². The number of rotatable bonds is 7. The minimum atomic E-state index is -3.29. The molecule has 1 unspecified atom stereocenters. The van der Waals surface area contributed by atoms with Gasteiger partial charge in [0.15, 0.2) is 0 Å². The van der Waals surface area contributed by atoms with E-state index in [9.17, 15) is 8.42 Å². The lowest BCUT2D eigenvalue weighted by Gasteiger charge is -2.38. The summed E-state index contributed by atoms with van der Waals surface area (Å²) in [4.78, 5) is 0. The Balaban J connectivity index is 2.80. The van der Waals surface area contributed by atoms with E-state index in [1.54, 1.807) is 8.61 Å². The first-order chi connectivity index (χ1) is 8.93. The lowest BCUT2D eigenvalue weighted by molar-refractivity contribution is 0.225. The summed E-state index contributed by atoms with van der Waals surface area (Å²) >= 11 is 0. The van der Waals surface area contributed by atoms with E-state index in [1.165, 1.54) is 0 Å². The van der Waals surface area contributed by atoms with Gasteiger partial charge in [-0.3, -0.25) is 0 Å². The lowest BCUT2D eigenvalue weighted by atomic mass is 10.0. The van der Waals surface area contributed by atoms with E-state index in [1.807, 2.05) is 13.8 Å². The molecule has 0 radical (unpaired) electrons. The normalized spacial score (nSPS) is 22.3. The van der Waals surface area contributed by atoms with Crippen LogP contribution in [0.1, 0.15) is 47.0 Å². The van der Waals surface area contributed by atoms with Gasteiger partial charge in [0.2, 0.25) is 0 Å². The summed E-state index contributed by atoms with van der Waals surface area (Å²) in [5.74, 6) is 0. The third-order valence-electron chi connectivity index (χ3n) is 3.66. The first-order valence-electron chi connectivity index (χ1n) is 7.43. The molecule has 5 nitrogen and oxygen atoms in total. The zero-order valence-electron chi connectivity index (χ0n) is 12.7. The van der Waals surface area contributed by atoms with Crippen LogP contribution < -0.4 is 5.32 Å². The molecule has 1 rings (SSSR count). The minimum Gasteiger partial charge on any atom is -0.313 e. The second-order valence-electron chi connectivity index (χ2n) is 5.42. The highest BCUT2D eigenvalue weighted by atomic mass is 32.2. The van der Waals surface area contributed by atoms with E-state index in [0.29, 0.717) is 25.7 Å². The molecule has 0 amide bonds. The van der Waals surface area contributed by atoms with Crippen LogP contribution in [0.3, 0.4) is 0 Å². The summed E-state index contributed by atoms with van der Waals surface area (Å²) < 4.78 is 28.5. The third-order valence-corrected chi connectivity index (χ3v) is 5.91. The van der Waals surface area contributed by atoms with Crippen molar-refractivity contribution >= 4 is 10.2 Å². The van der Waals surface area contributed by atoms with E-state index in [-0.39, 0.29) is 6.04 Å².